The van der Waals surface area contributed by atoms with Gasteiger partial charge in [-0.15, -0.1) is 11.8 Å². The highest BCUT2D eigenvalue weighted by atomic mass is 79.9. The van der Waals surface area contributed by atoms with Gasteiger partial charge in [-0.3, -0.25) is 9.59 Å². The first-order valence-electron chi connectivity index (χ1n) is 12.1. The minimum absolute atomic E-state index is 0.0417. The maximum absolute atomic E-state index is 13.6. The molecule has 0 aliphatic heterocycles. The molecule has 0 aliphatic rings. The summed E-state index contributed by atoms with van der Waals surface area (Å²) in [5.41, 5.74) is 2.00. The number of carbonyl (C=O) groups is 2. The summed E-state index contributed by atoms with van der Waals surface area (Å²) >= 11 is 11.1. The summed E-state index contributed by atoms with van der Waals surface area (Å²) in [6.45, 7) is 5.05. The van der Waals surface area contributed by atoms with Gasteiger partial charge >= 0.3 is 0 Å². The summed E-state index contributed by atoms with van der Waals surface area (Å²) in [5, 5.41) is 3.75. The fourth-order valence-electron chi connectivity index (χ4n) is 3.69. The van der Waals surface area contributed by atoms with Crippen LogP contribution < -0.4 is 5.32 Å². The smallest absolute Gasteiger partial charge is 0.243 e. The Kier molecular flexibility index (Phi) is 11.4. The molecule has 2 amide bonds. The Balaban J connectivity index is 1.82. The number of benzene rings is 3. The number of rotatable bonds is 12. The van der Waals surface area contributed by atoms with Crippen LogP contribution in [0.25, 0.3) is 0 Å². The summed E-state index contributed by atoms with van der Waals surface area (Å²) in [7, 11) is 0. The van der Waals surface area contributed by atoms with Crippen LogP contribution in [0.4, 0.5) is 0 Å². The van der Waals surface area contributed by atoms with E-state index in [2.05, 4.69) is 35.1 Å². The van der Waals surface area contributed by atoms with Gasteiger partial charge in [0.2, 0.25) is 11.8 Å². The highest BCUT2D eigenvalue weighted by molar-refractivity contribution is 9.10. The summed E-state index contributed by atoms with van der Waals surface area (Å²) in [6.07, 6.45) is 0.782. The second-order valence-corrected chi connectivity index (χ2v) is 11.6. The van der Waals surface area contributed by atoms with Crippen molar-refractivity contribution in [2.45, 2.75) is 44.2 Å². The standard InChI is InChI=1S/C29H32BrClN2O2S/c1-21(2)19-32-29(35)27(18-22-6-4-3-5-7-22)33(20-23-8-10-24(30)11-9-23)28(34)16-17-36-26-14-12-25(31)13-15-26/h3-15,21,27H,16-20H2,1-2H3,(H,32,35)/t27-/m0/s1. The molecule has 1 atom stereocenters. The molecule has 190 valence electrons. The van der Waals surface area contributed by atoms with E-state index in [-0.39, 0.29) is 11.8 Å². The fourth-order valence-corrected chi connectivity index (χ4v) is 4.92. The number of nitrogens with zero attached hydrogens (tertiary/aromatic N) is 1. The van der Waals surface area contributed by atoms with E-state index >= 15 is 0 Å². The molecule has 36 heavy (non-hydrogen) atoms. The average molecular weight is 588 g/mol. The lowest BCUT2D eigenvalue weighted by molar-refractivity contribution is -0.141. The molecule has 0 aliphatic carbocycles. The zero-order valence-electron chi connectivity index (χ0n) is 20.6. The maximum atomic E-state index is 13.6. The first kappa shape index (κ1) is 28.3. The third-order valence-electron chi connectivity index (χ3n) is 5.62. The van der Waals surface area contributed by atoms with Gasteiger partial charge in [0.1, 0.15) is 6.04 Å². The fraction of sp³-hybridized carbons (Fsp3) is 0.310. The molecule has 0 aromatic heterocycles. The summed E-state index contributed by atoms with van der Waals surface area (Å²) in [6, 6.07) is 24.8. The van der Waals surface area contributed by atoms with Gasteiger partial charge in [-0.25, -0.2) is 0 Å². The predicted molar refractivity (Wildman–Crippen MR) is 153 cm³/mol. The van der Waals surface area contributed by atoms with Gasteiger partial charge in [-0.2, -0.15) is 0 Å². The van der Waals surface area contributed by atoms with Crippen LogP contribution in [-0.2, 0) is 22.6 Å². The number of carbonyl (C=O) groups excluding carboxylic acids is 2. The van der Waals surface area contributed by atoms with Crippen LogP contribution in [0.5, 0.6) is 0 Å². The van der Waals surface area contributed by atoms with Crippen LogP contribution in [0.1, 0.15) is 31.4 Å². The Bertz CT molecular complexity index is 1110. The topological polar surface area (TPSA) is 49.4 Å². The molecule has 0 radical (unpaired) electrons. The third-order valence-corrected chi connectivity index (χ3v) is 7.41. The maximum Gasteiger partial charge on any atom is 0.243 e. The summed E-state index contributed by atoms with van der Waals surface area (Å²) < 4.78 is 0.971. The van der Waals surface area contributed by atoms with Crippen molar-refractivity contribution < 1.29 is 9.59 Å². The molecule has 0 heterocycles. The lowest BCUT2D eigenvalue weighted by Gasteiger charge is -2.32. The highest BCUT2D eigenvalue weighted by Crippen LogP contribution is 2.23. The van der Waals surface area contributed by atoms with Crippen molar-refractivity contribution >= 4 is 51.1 Å². The van der Waals surface area contributed by atoms with Gasteiger partial charge in [0, 0.05) is 46.1 Å². The van der Waals surface area contributed by atoms with Crippen LogP contribution in [0.15, 0.2) is 88.2 Å². The van der Waals surface area contributed by atoms with E-state index in [4.69, 9.17) is 11.6 Å². The van der Waals surface area contributed by atoms with Gasteiger partial charge in [0.25, 0.3) is 0 Å². The van der Waals surface area contributed by atoms with Crippen molar-refractivity contribution in [3.05, 3.63) is 99.5 Å². The molecule has 0 fully saturated rings. The predicted octanol–water partition coefficient (Wildman–Crippen LogP) is 7.00. The van der Waals surface area contributed by atoms with Gasteiger partial charge in [0.15, 0.2) is 0 Å². The van der Waals surface area contributed by atoms with Crippen LogP contribution in [0.2, 0.25) is 5.02 Å². The second-order valence-electron chi connectivity index (χ2n) is 9.05. The number of thioether (sulfide) groups is 1. The molecule has 3 rings (SSSR count). The third kappa shape index (κ3) is 9.30. The molecule has 0 bridgehead atoms. The Morgan fingerprint density at radius 3 is 2.25 bits per heavy atom. The number of hydrogen-bond acceptors (Lipinski definition) is 3. The van der Waals surface area contributed by atoms with Gasteiger partial charge in [-0.05, 0) is 53.4 Å². The number of hydrogen-bond donors (Lipinski definition) is 1. The van der Waals surface area contributed by atoms with Gasteiger partial charge in [-0.1, -0.05) is 83.8 Å². The van der Waals surface area contributed by atoms with Crippen LogP contribution >= 0.6 is 39.3 Å². The van der Waals surface area contributed by atoms with Crippen molar-refractivity contribution in [3.8, 4) is 0 Å². The van der Waals surface area contributed by atoms with E-state index in [1.807, 2.05) is 78.9 Å². The zero-order chi connectivity index (χ0) is 25.9. The molecular formula is C29H32BrClN2O2S. The lowest BCUT2D eigenvalue weighted by Crippen LogP contribution is -2.51. The molecule has 1 N–H and O–H groups in total. The zero-order valence-corrected chi connectivity index (χ0v) is 23.8. The Hall–Kier alpha value is -2.28. The van der Waals surface area contributed by atoms with E-state index < -0.39 is 6.04 Å². The van der Waals surface area contributed by atoms with E-state index in [9.17, 15) is 9.59 Å². The van der Waals surface area contributed by atoms with Crippen molar-refractivity contribution in [1.29, 1.82) is 0 Å². The first-order chi connectivity index (χ1) is 17.3. The largest absolute Gasteiger partial charge is 0.354 e. The van der Waals surface area contributed by atoms with Gasteiger partial charge < -0.3 is 10.2 Å². The normalized spacial score (nSPS) is 11.8. The molecule has 3 aromatic carbocycles. The highest BCUT2D eigenvalue weighted by Gasteiger charge is 2.30. The molecule has 0 spiro atoms. The Morgan fingerprint density at radius 1 is 0.944 bits per heavy atom. The molecule has 3 aromatic rings. The van der Waals surface area contributed by atoms with Crippen molar-refractivity contribution in [2.75, 3.05) is 12.3 Å². The van der Waals surface area contributed by atoms with E-state index in [0.29, 0.717) is 42.6 Å². The quantitative estimate of drug-likeness (QED) is 0.232. The van der Waals surface area contributed by atoms with Crippen molar-refractivity contribution in [2.24, 2.45) is 5.92 Å². The lowest BCUT2D eigenvalue weighted by atomic mass is 10.0. The molecule has 0 saturated carbocycles. The first-order valence-corrected chi connectivity index (χ1v) is 14.2. The second kappa shape index (κ2) is 14.5. The average Bonchev–Trinajstić information content (AvgIpc) is 2.87. The monoisotopic (exact) mass is 586 g/mol. The van der Waals surface area contributed by atoms with Crippen LogP contribution in [-0.4, -0.2) is 35.1 Å². The Morgan fingerprint density at radius 2 is 1.61 bits per heavy atom. The summed E-state index contributed by atoms with van der Waals surface area (Å²) in [4.78, 5) is 29.9. The number of amides is 2. The van der Waals surface area contributed by atoms with Crippen molar-refractivity contribution in [3.63, 3.8) is 0 Å². The molecule has 0 unspecified atom stereocenters. The number of nitrogens with one attached hydrogen (secondary N) is 1. The van der Waals surface area contributed by atoms with E-state index in [0.717, 1.165) is 20.5 Å². The molecular weight excluding hydrogens is 556 g/mol. The SMILES string of the molecule is CC(C)CNC(=O)[C@H](Cc1ccccc1)N(Cc1ccc(Br)cc1)C(=O)CCSc1ccc(Cl)cc1. The minimum Gasteiger partial charge on any atom is -0.354 e. The summed E-state index contributed by atoms with van der Waals surface area (Å²) in [5.74, 6) is 0.768. The van der Waals surface area contributed by atoms with E-state index in [1.165, 1.54) is 0 Å². The Labute approximate surface area is 231 Å². The van der Waals surface area contributed by atoms with Gasteiger partial charge in [0.05, 0.1) is 0 Å². The molecule has 0 saturated heterocycles. The minimum atomic E-state index is -0.608. The molecule has 4 nitrogen and oxygen atoms in total. The van der Waals surface area contributed by atoms with Crippen LogP contribution in [0.3, 0.4) is 0 Å². The number of halogens is 2. The van der Waals surface area contributed by atoms with Crippen LogP contribution in [0, 0.1) is 5.92 Å². The van der Waals surface area contributed by atoms with E-state index in [1.54, 1.807) is 16.7 Å². The molecule has 7 heteroatoms. The van der Waals surface area contributed by atoms with Crippen molar-refractivity contribution in [1.82, 2.24) is 10.2 Å².